The van der Waals surface area contributed by atoms with Gasteiger partial charge in [-0.15, -0.1) is 11.3 Å². The molecule has 0 saturated carbocycles. The highest BCUT2D eigenvalue weighted by atomic mass is 32.1. The molecule has 3 aromatic rings. The fourth-order valence-corrected chi connectivity index (χ4v) is 3.62. The summed E-state index contributed by atoms with van der Waals surface area (Å²) in [6.07, 6.45) is 3.33. The van der Waals surface area contributed by atoms with Crippen molar-refractivity contribution in [1.29, 1.82) is 0 Å². The molecule has 8 heteroatoms. The maximum Gasteiger partial charge on any atom is 0.257 e. The molecule has 1 amide bonds. The van der Waals surface area contributed by atoms with Crippen LogP contribution < -0.4 is 4.90 Å². The Morgan fingerprint density at radius 3 is 2.60 bits per heavy atom. The molecule has 0 spiro atoms. The molecule has 1 fully saturated rings. The summed E-state index contributed by atoms with van der Waals surface area (Å²) in [5, 5.41) is 9.80. The molecule has 25 heavy (non-hydrogen) atoms. The van der Waals surface area contributed by atoms with Gasteiger partial charge in [0, 0.05) is 43.3 Å². The van der Waals surface area contributed by atoms with Crippen LogP contribution in [-0.2, 0) is 0 Å². The lowest BCUT2D eigenvalue weighted by molar-refractivity contribution is 0.0747. The van der Waals surface area contributed by atoms with Crippen molar-refractivity contribution in [3.05, 3.63) is 53.4 Å². The number of rotatable bonds is 3. The maximum atomic E-state index is 13.1. The van der Waals surface area contributed by atoms with E-state index in [1.165, 1.54) is 18.3 Å². The number of benzene rings is 1. The fraction of sp³-hybridized carbons (Fsp3) is 0.235. The average molecular weight is 357 g/mol. The van der Waals surface area contributed by atoms with E-state index in [1.807, 2.05) is 10.3 Å². The highest BCUT2D eigenvalue weighted by Gasteiger charge is 2.26. The Morgan fingerprint density at radius 1 is 1.16 bits per heavy atom. The molecule has 0 atom stereocenters. The van der Waals surface area contributed by atoms with E-state index in [0.717, 1.165) is 23.8 Å². The van der Waals surface area contributed by atoms with E-state index >= 15 is 0 Å². The standard InChI is InChI=1S/C17H16FN5OS/c18-13-3-1-12(2-4-13)15-14(11-20-21-15)16(24)22-6-8-23(9-7-22)17-19-5-10-25-17/h1-5,10-11H,6-9H2,(H,20,21). The van der Waals surface area contributed by atoms with Gasteiger partial charge in [-0.2, -0.15) is 5.10 Å². The second-order valence-corrected chi connectivity index (χ2v) is 6.63. The molecular weight excluding hydrogens is 341 g/mol. The summed E-state index contributed by atoms with van der Waals surface area (Å²) in [6, 6.07) is 6.02. The van der Waals surface area contributed by atoms with Crippen LogP contribution in [0.4, 0.5) is 9.52 Å². The predicted molar refractivity (Wildman–Crippen MR) is 94.2 cm³/mol. The van der Waals surface area contributed by atoms with Crippen molar-refractivity contribution in [1.82, 2.24) is 20.1 Å². The highest BCUT2D eigenvalue weighted by molar-refractivity contribution is 7.13. The monoisotopic (exact) mass is 357 g/mol. The summed E-state index contributed by atoms with van der Waals surface area (Å²) < 4.78 is 13.1. The molecule has 0 aliphatic carbocycles. The zero-order chi connectivity index (χ0) is 17.2. The first-order valence-corrected chi connectivity index (χ1v) is 8.83. The molecule has 3 heterocycles. The number of H-pyrrole nitrogens is 1. The molecular formula is C17H16FN5OS. The SMILES string of the molecule is O=C(c1cn[nH]c1-c1ccc(F)cc1)N1CCN(c2nccs2)CC1. The first-order chi connectivity index (χ1) is 12.2. The zero-order valence-electron chi connectivity index (χ0n) is 13.4. The summed E-state index contributed by atoms with van der Waals surface area (Å²) in [5.41, 5.74) is 1.87. The molecule has 1 aliphatic rings. The van der Waals surface area contributed by atoms with Crippen molar-refractivity contribution in [3.8, 4) is 11.3 Å². The van der Waals surface area contributed by atoms with Crippen molar-refractivity contribution in [3.63, 3.8) is 0 Å². The van der Waals surface area contributed by atoms with Gasteiger partial charge in [-0.25, -0.2) is 9.37 Å². The number of amides is 1. The minimum Gasteiger partial charge on any atom is -0.345 e. The van der Waals surface area contributed by atoms with Gasteiger partial charge in [0.2, 0.25) is 0 Å². The van der Waals surface area contributed by atoms with Gasteiger partial charge in [-0.3, -0.25) is 9.89 Å². The number of piperazine rings is 1. The summed E-state index contributed by atoms with van der Waals surface area (Å²) >= 11 is 1.60. The molecule has 1 N–H and O–H groups in total. The number of aromatic nitrogens is 3. The Kier molecular flexibility index (Phi) is 4.19. The molecule has 128 valence electrons. The third-order valence-corrected chi connectivity index (χ3v) is 5.09. The number of carbonyl (C=O) groups excluding carboxylic acids is 1. The van der Waals surface area contributed by atoms with Gasteiger partial charge in [0.15, 0.2) is 5.13 Å². The van der Waals surface area contributed by atoms with Crippen molar-refractivity contribution in [2.24, 2.45) is 0 Å². The van der Waals surface area contributed by atoms with Gasteiger partial charge in [0.05, 0.1) is 17.5 Å². The molecule has 0 bridgehead atoms. The number of thiazole rings is 1. The van der Waals surface area contributed by atoms with Crippen LogP contribution >= 0.6 is 11.3 Å². The third kappa shape index (κ3) is 3.12. The smallest absolute Gasteiger partial charge is 0.257 e. The minimum atomic E-state index is -0.311. The Balaban J connectivity index is 1.49. The first kappa shape index (κ1) is 15.8. The Labute approximate surface area is 147 Å². The average Bonchev–Trinajstić information content (AvgIpc) is 3.34. The Morgan fingerprint density at radius 2 is 1.92 bits per heavy atom. The fourth-order valence-electron chi connectivity index (χ4n) is 2.93. The highest BCUT2D eigenvalue weighted by Crippen LogP contribution is 2.24. The van der Waals surface area contributed by atoms with E-state index in [0.29, 0.717) is 24.3 Å². The van der Waals surface area contributed by atoms with Crippen LogP contribution in [0, 0.1) is 5.82 Å². The second-order valence-electron chi connectivity index (χ2n) is 5.76. The van der Waals surface area contributed by atoms with E-state index in [9.17, 15) is 9.18 Å². The molecule has 2 aromatic heterocycles. The third-order valence-electron chi connectivity index (χ3n) is 4.26. The van der Waals surface area contributed by atoms with Crippen molar-refractivity contribution in [2.45, 2.75) is 0 Å². The van der Waals surface area contributed by atoms with Crippen LogP contribution in [0.5, 0.6) is 0 Å². The first-order valence-electron chi connectivity index (χ1n) is 7.95. The van der Waals surface area contributed by atoms with Crippen LogP contribution in [0.1, 0.15) is 10.4 Å². The molecule has 6 nitrogen and oxygen atoms in total. The van der Waals surface area contributed by atoms with Crippen LogP contribution in [0.2, 0.25) is 0 Å². The van der Waals surface area contributed by atoms with E-state index in [4.69, 9.17) is 0 Å². The number of hydrogen-bond acceptors (Lipinski definition) is 5. The normalized spacial score (nSPS) is 14.8. The van der Waals surface area contributed by atoms with Crippen LogP contribution in [0.3, 0.4) is 0 Å². The van der Waals surface area contributed by atoms with Crippen LogP contribution in [0.25, 0.3) is 11.3 Å². The Bertz CT molecular complexity index is 854. The lowest BCUT2D eigenvalue weighted by atomic mass is 10.1. The van der Waals surface area contributed by atoms with Gasteiger partial charge >= 0.3 is 0 Å². The molecule has 1 aliphatic heterocycles. The van der Waals surface area contributed by atoms with E-state index in [-0.39, 0.29) is 11.7 Å². The van der Waals surface area contributed by atoms with Crippen molar-refractivity contribution >= 4 is 22.4 Å². The lowest BCUT2D eigenvalue weighted by Gasteiger charge is -2.34. The summed E-state index contributed by atoms with van der Waals surface area (Å²) in [6.45, 7) is 2.77. The van der Waals surface area contributed by atoms with E-state index in [2.05, 4.69) is 20.1 Å². The molecule has 1 aromatic carbocycles. The Hall–Kier alpha value is -2.74. The van der Waals surface area contributed by atoms with Crippen LogP contribution in [-0.4, -0.2) is 52.2 Å². The van der Waals surface area contributed by atoms with Gasteiger partial charge in [0.25, 0.3) is 5.91 Å². The van der Waals surface area contributed by atoms with E-state index < -0.39 is 0 Å². The zero-order valence-corrected chi connectivity index (χ0v) is 14.2. The summed E-state index contributed by atoms with van der Waals surface area (Å²) in [5.74, 6) is -0.374. The molecule has 0 radical (unpaired) electrons. The van der Waals surface area contributed by atoms with Gasteiger partial charge < -0.3 is 9.80 Å². The number of nitrogens with one attached hydrogen (secondary N) is 1. The number of nitrogens with zero attached hydrogens (tertiary/aromatic N) is 4. The minimum absolute atomic E-state index is 0.0631. The predicted octanol–water partition coefficient (Wildman–Crippen LogP) is 2.63. The van der Waals surface area contributed by atoms with Gasteiger partial charge in [-0.1, -0.05) is 0 Å². The number of anilines is 1. The van der Waals surface area contributed by atoms with E-state index in [1.54, 1.807) is 29.7 Å². The second kappa shape index (κ2) is 6.64. The quantitative estimate of drug-likeness (QED) is 0.783. The lowest BCUT2D eigenvalue weighted by Crippen LogP contribution is -2.48. The van der Waals surface area contributed by atoms with Crippen molar-refractivity contribution in [2.75, 3.05) is 31.1 Å². The summed E-state index contributed by atoms with van der Waals surface area (Å²) in [4.78, 5) is 21.2. The molecule has 1 saturated heterocycles. The number of halogens is 1. The van der Waals surface area contributed by atoms with Crippen molar-refractivity contribution < 1.29 is 9.18 Å². The van der Waals surface area contributed by atoms with Crippen LogP contribution in [0.15, 0.2) is 42.0 Å². The topological polar surface area (TPSA) is 65.1 Å². The molecule has 0 unspecified atom stereocenters. The largest absolute Gasteiger partial charge is 0.345 e. The van der Waals surface area contributed by atoms with Gasteiger partial charge in [0.1, 0.15) is 5.82 Å². The number of carbonyl (C=O) groups is 1. The number of hydrogen-bond donors (Lipinski definition) is 1. The summed E-state index contributed by atoms with van der Waals surface area (Å²) in [7, 11) is 0. The molecule has 4 rings (SSSR count). The maximum absolute atomic E-state index is 13.1. The number of aromatic amines is 1. The van der Waals surface area contributed by atoms with Gasteiger partial charge in [-0.05, 0) is 24.3 Å².